The lowest BCUT2D eigenvalue weighted by Crippen LogP contribution is -2.30. The molecule has 1 aromatic heterocycles. The molecule has 0 unspecified atom stereocenters. The highest BCUT2D eigenvalue weighted by Gasteiger charge is 2.30. The van der Waals surface area contributed by atoms with Crippen LogP contribution in [0.4, 0.5) is 24.5 Å². The molecule has 7 nitrogen and oxygen atoms in total. The molecule has 40 heavy (non-hydrogen) atoms. The number of nitrogens with two attached hydrogens (primary N) is 1. The summed E-state index contributed by atoms with van der Waals surface area (Å²) in [7, 11) is 5.65. The van der Waals surface area contributed by atoms with Crippen LogP contribution in [0, 0.1) is 17.8 Å². The number of fused-ring (bicyclic) bond motifs is 1. The lowest BCUT2D eigenvalue weighted by atomic mass is 9.85. The Bertz CT molecular complexity index is 1400. The van der Waals surface area contributed by atoms with E-state index in [4.69, 9.17) is 10.5 Å². The van der Waals surface area contributed by atoms with Gasteiger partial charge in [0.25, 0.3) is 0 Å². The number of nitrogens with zero attached hydrogens (tertiary/aromatic N) is 2. The first kappa shape index (κ1) is 29.2. The molecule has 1 fully saturated rings. The molecule has 214 valence electrons. The predicted octanol–water partition coefficient (Wildman–Crippen LogP) is 5.31. The molecular weight excluding hydrogens is 519 g/mol. The molecule has 0 aliphatic heterocycles. The first-order valence-corrected chi connectivity index (χ1v) is 13.3. The van der Waals surface area contributed by atoms with Crippen molar-refractivity contribution >= 4 is 28.2 Å². The summed E-state index contributed by atoms with van der Waals surface area (Å²) in [5.41, 5.74) is 7.82. The first-order chi connectivity index (χ1) is 19.0. The third kappa shape index (κ3) is 7.42. The number of alkyl halides is 3. The molecule has 10 heteroatoms. The van der Waals surface area contributed by atoms with Gasteiger partial charge in [-0.15, -0.1) is 0 Å². The molecule has 1 aliphatic carbocycles. The Morgan fingerprint density at radius 1 is 1.12 bits per heavy atom. The number of halogens is 3. The normalized spacial score (nSPS) is 17.4. The number of nitrogens with one attached hydrogen (secondary N) is 2. The highest BCUT2D eigenvalue weighted by molar-refractivity contribution is 5.94. The molecule has 0 bridgehead atoms. The van der Waals surface area contributed by atoms with Crippen LogP contribution in [0.15, 0.2) is 42.5 Å². The number of carbonyl (C=O) groups is 1. The largest absolute Gasteiger partial charge is 0.495 e. The average molecular weight is 556 g/mol. The van der Waals surface area contributed by atoms with Crippen LogP contribution in [0.2, 0.25) is 0 Å². The number of ether oxygens (including phenoxy) is 1. The molecule has 0 radical (unpaired) electrons. The zero-order valence-corrected chi connectivity index (χ0v) is 23.1. The van der Waals surface area contributed by atoms with E-state index < -0.39 is 18.6 Å². The minimum absolute atomic E-state index is 0.154. The molecule has 1 aliphatic rings. The molecule has 0 saturated heterocycles. The minimum atomic E-state index is -4.40. The zero-order chi connectivity index (χ0) is 28.9. The summed E-state index contributed by atoms with van der Waals surface area (Å²) in [6, 6.07) is 12.2. The molecule has 1 heterocycles. The Kier molecular flexibility index (Phi) is 9.15. The third-order valence-electron chi connectivity index (χ3n) is 7.18. The fourth-order valence-electron chi connectivity index (χ4n) is 5.35. The van der Waals surface area contributed by atoms with Gasteiger partial charge in [0, 0.05) is 29.2 Å². The van der Waals surface area contributed by atoms with E-state index in [0.717, 1.165) is 43.3 Å². The fraction of sp³-hybridized carbons (Fsp3) is 0.433. The van der Waals surface area contributed by atoms with Crippen molar-refractivity contribution in [2.24, 2.45) is 11.7 Å². The van der Waals surface area contributed by atoms with E-state index in [-0.39, 0.29) is 18.3 Å². The predicted molar refractivity (Wildman–Crippen MR) is 153 cm³/mol. The second-order valence-corrected chi connectivity index (χ2v) is 10.5. The van der Waals surface area contributed by atoms with Crippen LogP contribution in [0.1, 0.15) is 41.7 Å². The van der Waals surface area contributed by atoms with Crippen LogP contribution in [0.5, 0.6) is 5.75 Å². The number of anilines is 2. The summed E-state index contributed by atoms with van der Waals surface area (Å²) in [6.07, 6.45) is -0.0908. The van der Waals surface area contributed by atoms with Crippen molar-refractivity contribution in [3.63, 3.8) is 0 Å². The maximum absolute atomic E-state index is 13.6. The molecular formula is C30H36F3N5O2. The van der Waals surface area contributed by atoms with Gasteiger partial charge < -0.3 is 30.6 Å². The SMILES string of the molecule is COc1cc(C(N)=O)ccc1NCC#Cc1cc2c(NC3CCC(CN(C)C)CC3)cccc2n1CC(F)(F)F. The highest BCUT2D eigenvalue weighted by Crippen LogP contribution is 2.33. The minimum Gasteiger partial charge on any atom is -0.495 e. The van der Waals surface area contributed by atoms with Crippen molar-refractivity contribution in [3.05, 3.63) is 53.7 Å². The van der Waals surface area contributed by atoms with Gasteiger partial charge in [-0.3, -0.25) is 4.79 Å². The second kappa shape index (κ2) is 12.6. The number of amides is 1. The van der Waals surface area contributed by atoms with Crippen LogP contribution >= 0.6 is 0 Å². The van der Waals surface area contributed by atoms with E-state index in [1.165, 1.54) is 17.7 Å². The number of methoxy groups -OCH3 is 1. The van der Waals surface area contributed by atoms with Gasteiger partial charge in [0.15, 0.2) is 0 Å². The van der Waals surface area contributed by atoms with Gasteiger partial charge in [0.2, 0.25) is 5.91 Å². The summed E-state index contributed by atoms with van der Waals surface area (Å²) in [5, 5.41) is 7.41. The molecule has 3 aromatic rings. The molecule has 4 N–H and O–H groups in total. The van der Waals surface area contributed by atoms with Gasteiger partial charge >= 0.3 is 6.18 Å². The van der Waals surface area contributed by atoms with Crippen molar-refractivity contribution in [2.45, 2.75) is 44.4 Å². The summed E-state index contributed by atoms with van der Waals surface area (Å²) in [6.45, 7) is 0.0987. The molecule has 1 saturated carbocycles. The summed E-state index contributed by atoms with van der Waals surface area (Å²) in [5.74, 6) is 6.36. The third-order valence-corrected chi connectivity index (χ3v) is 7.18. The van der Waals surface area contributed by atoms with Crippen molar-refractivity contribution < 1.29 is 22.7 Å². The number of rotatable bonds is 9. The Hall–Kier alpha value is -3.84. The van der Waals surface area contributed by atoms with Crippen molar-refractivity contribution in [1.29, 1.82) is 0 Å². The molecule has 4 rings (SSSR count). The Labute approximate surface area is 232 Å². The number of carbonyl (C=O) groups excluding carboxylic acids is 1. The summed E-state index contributed by atoms with van der Waals surface area (Å²) >= 11 is 0. The monoisotopic (exact) mass is 555 g/mol. The van der Waals surface area contributed by atoms with Gasteiger partial charge in [-0.1, -0.05) is 12.0 Å². The van der Waals surface area contributed by atoms with E-state index >= 15 is 0 Å². The lowest BCUT2D eigenvalue weighted by molar-refractivity contribution is -0.140. The first-order valence-electron chi connectivity index (χ1n) is 13.3. The van der Waals surface area contributed by atoms with E-state index in [0.29, 0.717) is 28.4 Å². The smallest absolute Gasteiger partial charge is 0.406 e. The standard InChI is InChI=1S/C30H36F3N5O2/c1-37(2)18-20-9-12-22(13-10-20)36-25-7-4-8-27-24(25)17-23(38(27)19-30(31,32)33)6-5-15-35-26-14-11-21(29(34)39)16-28(26)40-3/h4,7-8,11,14,16-17,20,22,35-36H,9-10,12-13,15,18-19H2,1-3H3,(H2,34,39). The Morgan fingerprint density at radius 2 is 1.88 bits per heavy atom. The number of hydrogen-bond donors (Lipinski definition) is 3. The van der Waals surface area contributed by atoms with Crippen LogP contribution in [0.3, 0.4) is 0 Å². The molecule has 0 atom stereocenters. The van der Waals surface area contributed by atoms with Crippen LogP contribution in [0.25, 0.3) is 10.9 Å². The topological polar surface area (TPSA) is 84.5 Å². The quantitative estimate of drug-likeness (QED) is 0.312. The van der Waals surface area contributed by atoms with Crippen LogP contribution in [-0.4, -0.2) is 61.9 Å². The Morgan fingerprint density at radius 3 is 2.52 bits per heavy atom. The van der Waals surface area contributed by atoms with Crippen molar-refractivity contribution in [1.82, 2.24) is 9.47 Å². The second-order valence-electron chi connectivity index (χ2n) is 10.5. The van der Waals surface area contributed by atoms with Gasteiger partial charge in [0.05, 0.1) is 30.6 Å². The zero-order valence-electron chi connectivity index (χ0n) is 23.1. The van der Waals surface area contributed by atoms with E-state index in [1.807, 2.05) is 6.07 Å². The highest BCUT2D eigenvalue weighted by atomic mass is 19.4. The van der Waals surface area contributed by atoms with E-state index in [2.05, 4.69) is 41.5 Å². The van der Waals surface area contributed by atoms with Crippen LogP contribution < -0.4 is 21.1 Å². The lowest BCUT2D eigenvalue weighted by Gasteiger charge is -2.31. The fourth-order valence-corrected chi connectivity index (χ4v) is 5.35. The average Bonchev–Trinajstić information content (AvgIpc) is 3.24. The molecule has 1 amide bonds. The molecule has 2 aromatic carbocycles. The van der Waals surface area contributed by atoms with Crippen molar-refractivity contribution in [2.75, 3.05) is 44.9 Å². The number of benzene rings is 2. The van der Waals surface area contributed by atoms with Gasteiger partial charge in [-0.25, -0.2) is 0 Å². The maximum atomic E-state index is 13.6. The summed E-state index contributed by atoms with van der Waals surface area (Å²) in [4.78, 5) is 13.6. The molecule has 0 spiro atoms. The number of hydrogen-bond acceptors (Lipinski definition) is 5. The van der Waals surface area contributed by atoms with Crippen LogP contribution in [-0.2, 0) is 6.54 Å². The number of aromatic nitrogens is 1. The van der Waals surface area contributed by atoms with Crippen molar-refractivity contribution in [3.8, 4) is 17.6 Å². The van der Waals surface area contributed by atoms with E-state index in [1.54, 1.807) is 30.3 Å². The number of primary amides is 1. The maximum Gasteiger partial charge on any atom is 0.406 e. The van der Waals surface area contributed by atoms with Gasteiger partial charge in [-0.2, -0.15) is 13.2 Å². The van der Waals surface area contributed by atoms with Gasteiger partial charge in [-0.05, 0) is 88.0 Å². The Balaban J connectivity index is 1.54. The summed E-state index contributed by atoms with van der Waals surface area (Å²) < 4.78 is 47.2. The van der Waals surface area contributed by atoms with Gasteiger partial charge in [0.1, 0.15) is 12.3 Å². The van der Waals surface area contributed by atoms with E-state index in [9.17, 15) is 18.0 Å².